The average Bonchev–Trinajstić information content (AvgIpc) is 2.89. The molecule has 0 aliphatic rings. The van der Waals surface area contributed by atoms with Gasteiger partial charge in [-0.25, -0.2) is 13.6 Å². The van der Waals surface area contributed by atoms with E-state index in [0.717, 1.165) is 14.7 Å². The molecule has 0 spiro atoms. The maximum atomic E-state index is 15.0. The van der Waals surface area contributed by atoms with Crippen LogP contribution in [0.5, 0.6) is 5.75 Å². The minimum atomic E-state index is -1.19. The number of carbonyl (C=O) groups is 1. The van der Waals surface area contributed by atoms with Crippen molar-refractivity contribution in [2.75, 3.05) is 6.61 Å². The number of benzene rings is 4. The van der Waals surface area contributed by atoms with E-state index in [1.807, 2.05) is 60.7 Å². The second kappa shape index (κ2) is 11.8. The Hall–Kier alpha value is -4.08. The molecule has 186 valence electrons. The Bertz CT molecular complexity index is 1390. The lowest BCUT2D eigenvalue weighted by molar-refractivity contribution is -0.154. The number of hydrogen-bond donors (Lipinski definition) is 0. The van der Waals surface area contributed by atoms with Gasteiger partial charge in [-0.1, -0.05) is 60.4 Å². The van der Waals surface area contributed by atoms with Crippen LogP contribution in [-0.4, -0.2) is 18.2 Å². The van der Waals surface area contributed by atoms with Crippen molar-refractivity contribution in [1.82, 2.24) is 0 Å². The van der Waals surface area contributed by atoms with Crippen molar-refractivity contribution >= 4 is 16.9 Å². The van der Waals surface area contributed by atoms with Crippen molar-refractivity contribution in [3.8, 4) is 17.6 Å². The maximum absolute atomic E-state index is 15.0. The fourth-order valence-corrected chi connectivity index (χ4v) is 5.60. The summed E-state index contributed by atoms with van der Waals surface area (Å²) in [5.41, 5.74) is -0.986. The van der Waals surface area contributed by atoms with Gasteiger partial charge in [-0.2, -0.15) is 0 Å². The Morgan fingerprint density at radius 1 is 0.784 bits per heavy atom. The summed E-state index contributed by atoms with van der Waals surface area (Å²) >= 11 is 0. The highest BCUT2D eigenvalue weighted by Gasteiger charge is 2.29. The van der Waals surface area contributed by atoms with Crippen LogP contribution in [0.1, 0.15) is 19.4 Å². The van der Waals surface area contributed by atoms with Gasteiger partial charge in [0.1, 0.15) is 5.82 Å². The van der Waals surface area contributed by atoms with Crippen molar-refractivity contribution in [3.05, 3.63) is 120 Å². The second-order valence-electron chi connectivity index (χ2n) is 8.53. The van der Waals surface area contributed by atoms with Crippen molar-refractivity contribution in [2.24, 2.45) is 0 Å². The zero-order valence-corrected chi connectivity index (χ0v) is 21.2. The quantitative estimate of drug-likeness (QED) is 0.154. The number of halogens is 2. The fraction of sp³-hybridized carbons (Fsp3) is 0.129. The van der Waals surface area contributed by atoms with Gasteiger partial charge in [0, 0.05) is 6.07 Å². The molecule has 6 heteroatoms. The molecular weight excluding hydrogens is 490 g/mol. The number of rotatable bonds is 7. The van der Waals surface area contributed by atoms with Gasteiger partial charge in [0.2, 0.25) is 0 Å². The zero-order valence-electron chi connectivity index (χ0n) is 20.4. The molecule has 4 aromatic carbocycles. The molecule has 0 heterocycles. The molecule has 0 aliphatic carbocycles. The van der Waals surface area contributed by atoms with Gasteiger partial charge in [-0.3, -0.25) is 0 Å². The van der Waals surface area contributed by atoms with Crippen LogP contribution in [0.25, 0.3) is 0 Å². The molecule has 0 N–H and O–H groups in total. The average molecular weight is 516 g/mol. The van der Waals surface area contributed by atoms with E-state index in [4.69, 9.17) is 9.47 Å². The van der Waals surface area contributed by atoms with Crippen LogP contribution in [0.4, 0.5) is 8.78 Å². The molecule has 0 saturated heterocycles. The van der Waals surface area contributed by atoms with Gasteiger partial charge in [-0.15, -0.1) is 0 Å². The van der Waals surface area contributed by atoms with Crippen LogP contribution >= 0.6 is 0 Å². The molecular formula is C31H25F2O3S+. The first-order valence-electron chi connectivity index (χ1n) is 11.6. The molecule has 0 saturated carbocycles. The standard InChI is InChI=1S/C31H25F2O3S/c1-31(2,20-19-23-11-9-10-16-27(23)32)36-30(34)22-35-29-18-17-26(21-28(29)33)37(24-12-5-3-6-13-24)25-14-7-4-8-15-25/h3-18,21H,22H2,1-2H3/q+1. The molecule has 0 amide bonds. The van der Waals surface area contributed by atoms with Crippen LogP contribution in [0.15, 0.2) is 118 Å². The highest BCUT2D eigenvalue weighted by molar-refractivity contribution is 7.97. The topological polar surface area (TPSA) is 35.5 Å². The van der Waals surface area contributed by atoms with Crippen LogP contribution in [-0.2, 0) is 20.4 Å². The Labute approximate surface area is 218 Å². The summed E-state index contributed by atoms with van der Waals surface area (Å²) in [6.45, 7) is 2.68. The number of ether oxygens (including phenoxy) is 2. The SMILES string of the molecule is CC(C)(C#Cc1ccccc1F)OC(=O)COc1ccc([S+](c2ccccc2)c2ccccc2)cc1F. The number of carbonyl (C=O) groups excluding carboxylic acids is 1. The summed E-state index contributed by atoms with van der Waals surface area (Å²) in [6, 6.07) is 30.6. The molecule has 37 heavy (non-hydrogen) atoms. The first-order chi connectivity index (χ1) is 17.8. The summed E-state index contributed by atoms with van der Waals surface area (Å²) < 4.78 is 39.6. The normalized spacial score (nSPS) is 10.9. The van der Waals surface area contributed by atoms with Gasteiger partial charge in [-0.05, 0) is 62.4 Å². The largest absolute Gasteiger partial charge is 0.479 e. The molecule has 0 fully saturated rings. The van der Waals surface area contributed by atoms with E-state index >= 15 is 4.39 Å². The van der Waals surface area contributed by atoms with Crippen LogP contribution in [0.3, 0.4) is 0 Å². The predicted octanol–water partition coefficient (Wildman–Crippen LogP) is 6.81. The number of esters is 1. The highest BCUT2D eigenvalue weighted by Crippen LogP contribution is 2.33. The summed E-state index contributed by atoms with van der Waals surface area (Å²) in [5, 5.41) is 0. The highest BCUT2D eigenvalue weighted by atomic mass is 32.2. The molecule has 0 bridgehead atoms. The van der Waals surface area contributed by atoms with Crippen LogP contribution in [0, 0.1) is 23.5 Å². The monoisotopic (exact) mass is 515 g/mol. The van der Waals surface area contributed by atoms with E-state index in [1.165, 1.54) is 24.3 Å². The van der Waals surface area contributed by atoms with Gasteiger partial charge >= 0.3 is 5.97 Å². The molecule has 0 aliphatic heterocycles. The number of hydrogen-bond acceptors (Lipinski definition) is 3. The second-order valence-corrected chi connectivity index (χ2v) is 10.6. The van der Waals surface area contributed by atoms with Crippen molar-refractivity contribution in [1.29, 1.82) is 0 Å². The lowest BCUT2D eigenvalue weighted by atomic mass is 10.1. The minimum Gasteiger partial charge on any atom is -0.479 e. The third kappa shape index (κ3) is 6.99. The van der Waals surface area contributed by atoms with E-state index < -0.39 is 40.7 Å². The van der Waals surface area contributed by atoms with Crippen molar-refractivity contribution in [3.63, 3.8) is 0 Å². The van der Waals surface area contributed by atoms with Gasteiger partial charge in [0.25, 0.3) is 0 Å². The summed E-state index contributed by atoms with van der Waals surface area (Å²) in [4.78, 5) is 15.3. The van der Waals surface area contributed by atoms with E-state index in [1.54, 1.807) is 32.0 Å². The molecule has 0 unspecified atom stereocenters. The molecule has 0 radical (unpaired) electrons. The molecule has 0 atom stereocenters. The fourth-order valence-electron chi connectivity index (χ4n) is 3.50. The molecule has 0 aromatic heterocycles. The molecule has 3 nitrogen and oxygen atoms in total. The predicted molar refractivity (Wildman–Crippen MR) is 140 cm³/mol. The van der Waals surface area contributed by atoms with E-state index in [9.17, 15) is 9.18 Å². The summed E-state index contributed by atoms with van der Waals surface area (Å²) in [7, 11) is -0.508. The van der Waals surface area contributed by atoms with Gasteiger partial charge in [0.05, 0.1) is 16.5 Å². The Morgan fingerprint density at radius 3 is 1.97 bits per heavy atom. The molecule has 4 rings (SSSR count). The van der Waals surface area contributed by atoms with E-state index in [-0.39, 0.29) is 11.3 Å². The van der Waals surface area contributed by atoms with E-state index in [0.29, 0.717) is 0 Å². The Kier molecular flexibility index (Phi) is 8.27. The molecule has 4 aromatic rings. The third-order valence-corrected chi connectivity index (χ3v) is 7.40. The summed E-state index contributed by atoms with van der Waals surface area (Å²) in [6.07, 6.45) is 0. The Balaban J connectivity index is 1.44. The summed E-state index contributed by atoms with van der Waals surface area (Å²) in [5.74, 6) is 3.62. The van der Waals surface area contributed by atoms with Crippen LogP contribution < -0.4 is 4.74 Å². The third-order valence-electron chi connectivity index (χ3n) is 5.18. The first kappa shape index (κ1) is 26.0. The lowest BCUT2D eigenvalue weighted by Crippen LogP contribution is -2.29. The minimum absolute atomic E-state index is 0.0550. The van der Waals surface area contributed by atoms with Crippen molar-refractivity contribution < 1.29 is 23.0 Å². The van der Waals surface area contributed by atoms with Crippen LogP contribution in [0.2, 0.25) is 0 Å². The zero-order chi connectivity index (χ0) is 26.3. The van der Waals surface area contributed by atoms with Gasteiger partial charge < -0.3 is 9.47 Å². The van der Waals surface area contributed by atoms with Gasteiger partial charge in [0.15, 0.2) is 38.5 Å². The maximum Gasteiger partial charge on any atom is 0.345 e. The first-order valence-corrected chi connectivity index (χ1v) is 12.8. The van der Waals surface area contributed by atoms with Crippen molar-refractivity contribution in [2.45, 2.75) is 34.1 Å². The van der Waals surface area contributed by atoms with E-state index in [2.05, 4.69) is 11.8 Å². The Morgan fingerprint density at radius 2 is 1.38 bits per heavy atom. The lowest BCUT2D eigenvalue weighted by Gasteiger charge is -2.19. The smallest absolute Gasteiger partial charge is 0.345 e.